The summed E-state index contributed by atoms with van der Waals surface area (Å²) in [5.74, 6) is -1.38. The van der Waals surface area contributed by atoms with E-state index in [-0.39, 0.29) is 64.6 Å². The van der Waals surface area contributed by atoms with Crippen LogP contribution in [0.4, 0.5) is 0 Å². The molecule has 3 aromatic carbocycles. The van der Waals surface area contributed by atoms with Crippen molar-refractivity contribution < 1.29 is 39.8 Å². The van der Waals surface area contributed by atoms with Crippen LogP contribution in [-0.2, 0) is 19.3 Å². The van der Waals surface area contributed by atoms with E-state index < -0.39 is 29.3 Å². The topological polar surface area (TPSA) is 161 Å². The van der Waals surface area contributed by atoms with E-state index in [0.717, 1.165) is 5.56 Å². The van der Waals surface area contributed by atoms with Crippen molar-refractivity contribution in [3.05, 3.63) is 87.1 Å². The minimum atomic E-state index is -0.934. The van der Waals surface area contributed by atoms with Crippen LogP contribution in [0, 0.1) is 17.8 Å². The fourth-order valence-corrected chi connectivity index (χ4v) is 6.33. The number of aliphatic hydroxyl groups is 2. The molecule has 43 heavy (non-hydrogen) atoms. The summed E-state index contributed by atoms with van der Waals surface area (Å²) in [5.41, 5.74) is 1.85. The molecule has 224 valence electrons. The van der Waals surface area contributed by atoms with Crippen molar-refractivity contribution in [2.75, 3.05) is 6.61 Å². The first-order valence-electron chi connectivity index (χ1n) is 14.4. The Morgan fingerprint density at radius 2 is 1.74 bits per heavy atom. The Bertz CT molecular complexity index is 1800. The number of ether oxygens (including phenoxy) is 1. The average Bonchev–Trinajstić information content (AvgIpc) is 2.96. The molecule has 1 aliphatic heterocycles. The van der Waals surface area contributed by atoms with Crippen molar-refractivity contribution >= 4 is 11.0 Å². The average molecular weight is 587 g/mol. The lowest BCUT2D eigenvalue weighted by molar-refractivity contribution is -0.0183. The zero-order valence-corrected chi connectivity index (χ0v) is 23.8. The summed E-state index contributed by atoms with van der Waals surface area (Å²) in [6.07, 6.45) is 2.89. The Kier molecular flexibility index (Phi) is 7.31. The molecule has 6 rings (SSSR count). The molecule has 4 aromatic rings. The van der Waals surface area contributed by atoms with E-state index in [1.54, 1.807) is 42.5 Å². The summed E-state index contributed by atoms with van der Waals surface area (Å²) in [6, 6.07) is 11.3. The first-order chi connectivity index (χ1) is 20.5. The Labute approximate surface area is 247 Å². The summed E-state index contributed by atoms with van der Waals surface area (Å²) in [7, 11) is 0. The first kappa shape index (κ1) is 28.6. The predicted molar refractivity (Wildman–Crippen MR) is 160 cm³/mol. The molecule has 0 fully saturated rings. The van der Waals surface area contributed by atoms with Gasteiger partial charge in [-0.05, 0) is 59.7 Å². The van der Waals surface area contributed by atoms with E-state index >= 15 is 0 Å². The molecule has 2 heterocycles. The molecule has 0 saturated heterocycles. The standard InChI is InChI=1S/C34H34O9/c1-16(2)8-19-11-21(12-20(29(19)39)9-17-4-3-5-22(36)10-17)33-31(41)30(40)28-27(42-33)14-26(38)23-13-18-6-7-25(37)24(15-35)32(18)43-34(23)28/h3-7,10-12,14,16,18,24-25,32,35-39,41H,8-9,13,15H2,1-2H3. The number of hydrogen-bond acceptors (Lipinski definition) is 9. The zero-order chi connectivity index (χ0) is 30.6. The molecule has 2 aliphatic rings. The molecule has 0 amide bonds. The van der Waals surface area contributed by atoms with Gasteiger partial charge in [0, 0.05) is 35.4 Å². The molecule has 6 N–H and O–H groups in total. The number of phenolic OH excluding ortho intramolecular Hbond substituents is 3. The molecule has 1 aliphatic carbocycles. The van der Waals surface area contributed by atoms with Gasteiger partial charge in [-0.25, -0.2) is 0 Å². The normalized spacial score (nSPS) is 21.0. The van der Waals surface area contributed by atoms with Gasteiger partial charge < -0.3 is 39.8 Å². The number of phenols is 3. The quantitative estimate of drug-likeness (QED) is 0.178. The summed E-state index contributed by atoms with van der Waals surface area (Å²) in [5, 5.41) is 63.6. The molecule has 4 atom stereocenters. The minimum Gasteiger partial charge on any atom is -0.508 e. The second kappa shape index (κ2) is 11.0. The van der Waals surface area contributed by atoms with Crippen molar-refractivity contribution in [3.63, 3.8) is 0 Å². The van der Waals surface area contributed by atoms with Crippen LogP contribution in [0.5, 0.6) is 28.7 Å². The Balaban J connectivity index is 1.50. The maximum absolute atomic E-state index is 13.8. The van der Waals surface area contributed by atoms with E-state index in [1.807, 2.05) is 19.9 Å². The fraction of sp³-hybridized carbons (Fsp3) is 0.324. The summed E-state index contributed by atoms with van der Waals surface area (Å²) < 4.78 is 12.3. The maximum atomic E-state index is 13.8. The molecule has 9 heteroatoms. The maximum Gasteiger partial charge on any atom is 0.238 e. The van der Waals surface area contributed by atoms with Gasteiger partial charge in [0.25, 0.3) is 0 Å². The van der Waals surface area contributed by atoms with Crippen LogP contribution in [0.2, 0.25) is 0 Å². The SMILES string of the molecule is CC(C)Cc1cc(-c2oc3cc(O)c4c(c3c(=O)c2O)OC2C(C=CC(O)C2CO)C4)cc(Cc2cccc(O)c2)c1O. The zero-order valence-electron chi connectivity index (χ0n) is 23.8. The lowest BCUT2D eigenvalue weighted by Crippen LogP contribution is -2.47. The Hall–Kier alpha value is -4.47. The lowest BCUT2D eigenvalue weighted by atomic mass is 9.77. The van der Waals surface area contributed by atoms with E-state index in [0.29, 0.717) is 35.1 Å². The van der Waals surface area contributed by atoms with Gasteiger partial charge in [-0.1, -0.05) is 38.1 Å². The van der Waals surface area contributed by atoms with E-state index in [4.69, 9.17) is 9.15 Å². The first-order valence-corrected chi connectivity index (χ1v) is 14.4. The molecule has 9 nitrogen and oxygen atoms in total. The summed E-state index contributed by atoms with van der Waals surface area (Å²) in [6.45, 7) is 3.67. The van der Waals surface area contributed by atoms with E-state index in [2.05, 4.69) is 0 Å². The van der Waals surface area contributed by atoms with Gasteiger partial charge in [-0.2, -0.15) is 0 Å². The van der Waals surface area contributed by atoms with Crippen LogP contribution < -0.4 is 10.2 Å². The van der Waals surface area contributed by atoms with Crippen molar-refractivity contribution in [1.29, 1.82) is 0 Å². The third-order valence-electron chi connectivity index (χ3n) is 8.40. The molecule has 0 radical (unpaired) electrons. The molecule has 0 spiro atoms. The van der Waals surface area contributed by atoms with Crippen LogP contribution >= 0.6 is 0 Å². The second-order valence-electron chi connectivity index (χ2n) is 11.9. The predicted octanol–water partition coefficient (Wildman–Crippen LogP) is 4.53. The fourth-order valence-electron chi connectivity index (χ4n) is 6.33. The summed E-state index contributed by atoms with van der Waals surface area (Å²) >= 11 is 0. The molecular formula is C34H34O9. The highest BCUT2D eigenvalue weighted by molar-refractivity contribution is 5.90. The van der Waals surface area contributed by atoms with Crippen molar-refractivity contribution in [2.45, 2.75) is 45.3 Å². The van der Waals surface area contributed by atoms with E-state index in [9.17, 15) is 35.4 Å². The van der Waals surface area contributed by atoms with Crippen LogP contribution in [0.15, 0.2) is 63.8 Å². The molecule has 0 bridgehead atoms. The molecule has 1 aromatic heterocycles. The largest absolute Gasteiger partial charge is 0.508 e. The number of benzene rings is 3. The van der Waals surface area contributed by atoms with E-state index in [1.165, 1.54) is 6.07 Å². The van der Waals surface area contributed by atoms with Crippen LogP contribution in [0.25, 0.3) is 22.3 Å². The van der Waals surface area contributed by atoms with Gasteiger partial charge in [-0.15, -0.1) is 0 Å². The monoisotopic (exact) mass is 586 g/mol. The van der Waals surface area contributed by atoms with Crippen LogP contribution in [0.1, 0.15) is 36.1 Å². The van der Waals surface area contributed by atoms with Crippen molar-refractivity contribution in [3.8, 4) is 40.1 Å². The van der Waals surface area contributed by atoms with Crippen LogP contribution in [-0.4, -0.2) is 49.5 Å². The number of aliphatic hydroxyl groups excluding tert-OH is 2. The third-order valence-corrected chi connectivity index (χ3v) is 8.40. The highest BCUT2D eigenvalue weighted by atomic mass is 16.5. The minimum absolute atomic E-state index is 0.00651. The van der Waals surface area contributed by atoms with Gasteiger partial charge >= 0.3 is 0 Å². The highest BCUT2D eigenvalue weighted by Gasteiger charge is 2.42. The number of aromatic hydroxyl groups is 4. The molecular weight excluding hydrogens is 552 g/mol. The number of hydrogen-bond donors (Lipinski definition) is 6. The number of fused-ring (bicyclic) bond motifs is 4. The molecule has 4 unspecified atom stereocenters. The molecule has 0 saturated carbocycles. The lowest BCUT2D eigenvalue weighted by Gasteiger charge is -2.40. The smallest absolute Gasteiger partial charge is 0.238 e. The van der Waals surface area contributed by atoms with Gasteiger partial charge in [0.05, 0.1) is 12.7 Å². The highest BCUT2D eigenvalue weighted by Crippen LogP contribution is 2.46. The van der Waals surface area contributed by atoms with Gasteiger partial charge in [0.15, 0.2) is 5.76 Å². The Morgan fingerprint density at radius 3 is 2.47 bits per heavy atom. The van der Waals surface area contributed by atoms with Crippen molar-refractivity contribution in [2.24, 2.45) is 17.8 Å². The van der Waals surface area contributed by atoms with Crippen molar-refractivity contribution in [1.82, 2.24) is 0 Å². The van der Waals surface area contributed by atoms with Gasteiger partial charge in [-0.3, -0.25) is 4.79 Å². The van der Waals surface area contributed by atoms with Gasteiger partial charge in [0.1, 0.15) is 40.1 Å². The third kappa shape index (κ3) is 5.08. The van der Waals surface area contributed by atoms with Gasteiger partial charge in [0.2, 0.25) is 11.2 Å². The summed E-state index contributed by atoms with van der Waals surface area (Å²) in [4.78, 5) is 13.8. The van der Waals surface area contributed by atoms with Crippen LogP contribution in [0.3, 0.4) is 0 Å². The number of rotatable bonds is 6. The second-order valence-corrected chi connectivity index (χ2v) is 11.9. The Morgan fingerprint density at radius 1 is 0.977 bits per heavy atom.